The van der Waals surface area contributed by atoms with E-state index in [2.05, 4.69) is 20.7 Å². The maximum atomic E-state index is 14.3. The number of amides is 5. The van der Waals surface area contributed by atoms with E-state index in [4.69, 9.17) is 9.47 Å². The zero-order valence-corrected chi connectivity index (χ0v) is 37.9. The summed E-state index contributed by atoms with van der Waals surface area (Å²) in [6, 6.07) is 5.49. The van der Waals surface area contributed by atoms with E-state index < -0.39 is 75.4 Å². The second-order valence-electron chi connectivity index (χ2n) is 16.6. The molecule has 58 heavy (non-hydrogen) atoms. The fourth-order valence-electron chi connectivity index (χ4n) is 7.74. The van der Waals surface area contributed by atoms with Crippen LogP contribution < -0.4 is 20.7 Å². The SMILES string of the molecule is CC[C@H](C)[C@@H]([C@@H](CC(=O)N1CCC[C@H]1[C@H](OC)[C@@H](C)C(=O)N[C@@H](Cc1ccccc1)C(=O)NS(=O)(=O)C(C)C)OC)N(C)C(=O)[C@@H](NC(=O)[C@@H](NC)C(C)C)C(C)C. The van der Waals surface area contributed by atoms with Crippen LogP contribution in [-0.4, -0.2) is 130 Å². The molecule has 16 heteroatoms. The molecule has 1 aromatic carbocycles. The van der Waals surface area contributed by atoms with Gasteiger partial charge in [0.05, 0.1) is 47.9 Å². The highest BCUT2D eigenvalue weighted by molar-refractivity contribution is 7.90. The Morgan fingerprint density at radius 2 is 1.47 bits per heavy atom. The number of methoxy groups -OCH3 is 2. The average molecular weight is 837 g/mol. The normalized spacial score (nSPS) is 18.8. The standard InChI is InChI=1S/C42H72N6O9S/c1-14-28(8)37(47(11)42(53)36(26(4)5)45-41(52)35(43-10)25(2)3)33(56-12)24-34(49)48-22-18-21-32(48)38(57-13)29(9)39(50)44-31(23-30-19-16-15-17-20-30)40(51)46-58(54,55)27(6)7/h15-17,19-20,25-29,31-33,35-38,43H,14,18,21-24H2,1-13H3,(H,44,50)(H,45,52)(H,46,51)/t28-,29+,31-,32-,33+,35-,36-,37-,38+/m0/s1. The van der Waals surface area contributed by atoms with Crippen molar-refractivity contribution in [1.82, 2.24) is 30.5 Å². The minimum absolute atomic E-state index is 0.00522. The van der Waals surface area contributed by atoms with E-state index in [0.717, 1.165) is 5.56 Å². The number of likely N-dealkylation sites (N-methyl/N-ethyl adjacent to an activating group) is 2. The highest BCUT2D eigenvalue weighted by Crippen LogP contribution is 2.30. The molecule has 5 amide bonds. The van der Waals surface area contributed by atoms with E-state index in [0.29, 0.717) is 25.8 Å². The molecular weight excluding hydrogens is 765 g/mol. The molecule has 4 N–H and O–H groups in total. The van der Waals surface area contributed by atoms with Gasteiger partial charge in [-0.05, 0) is 57.1 Å². The molecule has 9 atom stereocenters. The highest BCUT2D eigenvalue weighted by Gasteiger charge is 2.43. The van der Waals surface area contributed by atoms with Crippen LogP contribution in [0, 0.1) is 23.7 Å². The molecule has 0 aliphatic carbocycles. The summed E-state index contributed by atoms with van der Waals surface area (Å²) in [6.07, 6.45) is 0.479. The lowest BCUT2D eigenvalue weighted by atomic mass is 9.89. The van der Waals surface area contributed by atoms with Crippen LogP contribution in [0.2, 0.25) is 0 Å². The fourth-order valence-corrected chi connectivity index (χ4v) is 8.40. The number of hydrogen-bond acceptors (Lipinski definition) is 10. The molecule has 330 valence electrons. The van der Waals surface area contributed by atoms with Crippen LogP contribution in [0.3, 0.4) is 0 Å². The van der Waals surface area contributed by atoms with Gasteiger partial charge in [-0.3, -0.25) is 28.7 Å². The summed E-state index contributed by atoms with van der Waals surface area (Å²) in [5.41, 5.74) is 0.724. The summed E-state index contributed by atoms with van der Waals surface area (Å²) in [6.45, 7) is 16.6. The first-order chi connectivity index (χ1) is 27.2. The predicted molar refractivity (Wildman–Crippen MR) is 225 cm³/mol. The molecule has 1 aliphatic heterocycles. The smallest absolute Gasteiger partial charge is 0.256 e. The molecule has 1 aliphatic rings. The maximum Gasteiger partial charge on any atom is 0.256 e. The first kappa shape index (κ1) is 50.5. The third-order valence-corrected chi connectivity index (χ3v) is 13.3. The minimum Gasteiger partial charge on any atom is -0.379 e. The first-order valence-electron chi connectivity index (χ1n) is 20.7. The third kappa shape index (κ3) is 13.5. The quantitative estimate of drug-likeness (QED) is 0.128. The Hall–Kier alpha value is -3.60. The minimum atomic E-state index is -3.97. The lowest BCUT2D eigenvalue weighted by Crippen LogP contribution is -2.59. The molecule has 1 fully saturated rings. The van der Waals surface area contributed by atoms with Crippen LogP contribution in [0.4, 0.5) is 0 Å². The monoisotopic (exact) mass is 837 g/mol. The second kappa shape index (κ2) is 23.3. The summed E-state index contributed by atoms with van der Waals surface area (Å²) >= 11 is 0. The Labute approximate surface area is 347 Å². The van der Waals surface area contributed by atoms with Gasteiger partial charge in [-0.25, -0.2) is 8.42 Å². The average Bonchev–Trinajstić information content (AvgIpc) is 3.66. The van der Waals surface area contributed by atoms with Crippen LogP contribution in [0.5, 0.6) is 0 Å². The van der Waals surface area contributed by atoms with Crippen LogP contribution >= 0.6 is 0 Å². The number of carbonyl (C=O) groups is 5. The van der Waals surface area contributed by atoms with E-state index >= 15 is 0 Å². The van der Waals surface area contributed by atoms with Crippen molar-refractivity contribution < 1.29 is 41.9 Å². The number of ether oxygens (including phenoxy) is 2. The van der Waals surface area contributed by atoms with Gasteiger partial charge in [-0.1, -0.05) is 85.2 Å². The number of sulfonamides is 1. The molecule has 2 rings (SSSR count). The summed E-state index contributed by atoms with van der Waals surface area (Å²) in [7, 11) is 2.43. The molecule has 0 saturated carbocycles. The van der Waals surface area contributed by atoms with Crippen LogP contribution in [-0.2, 0) is 49.9 Å². The Balaban J connectivity index is 2.33. The number of hydrogen-bond donors (Lipinski definition) is 4. The van der Waals surface area contributed by atoms with E-state index in [9.17, 15) is 32.4 Å². The van der Waals surface area contributed by atoms with Crippen molar-refractivity contribution in [2.45, 2.75) is 142 Å². The van der Waals surface area contributed by atoms with Gasteiger partial charge in [-0.2, -0.15) is 0 Å². The fraction of sp³-hybridized carbons (Fsp3) is 0.738. The van der Waals surface area contributed by atoms with Crippen molar-refractivity contribution in [3.8, 4) is 0 Å². The van der Waals surface area contributed by atoms with E-state index in [-0.39, 0.29) is 48.3 Å². The van der Waals surface area contributed by atoms with Gasteiger partial charge in [0.1, 0.15) is 12.1 Å². The highest BCUT2D eigenvalue weighted by atomic mass is 32.2. The van der Waals surface area contributed by atoms with Gasteiger partial charge in [0.2, 0.25) is 33.7 Å². The predicted octanol–water partition coefficient (Wildman–Crippen LogP) is 2.87. The van der Waals surface area contributed by atoms with Gasteiger partial charge in [0.25, 0.3) is 5.91 Å². The summed E-state index contributed by atoms with van der Waals surface area (Å²) in [5, 5.41) is 7.90. The largest absolute Gasteiger partial charge is 0.379 e. The van der Waals surface area contributed by atoms with Crippen molar-refractivity contribution >= 4 is 39.6 Å². The lowest BCUT2D eigenvalue weighted by molar-refractivity contribution is -0.148. The summed E-state index contributed by atoms with van der Waals surface area (Å²) < 4.78 is 39.3. The molecule has 15 nitrogen and oxygen atoms in total. The Morgan fingerprint density at radius 1 is 0.862 bits per heavy atom. The van der Waals surface area contributed by atoms with Crippen molar-refractivity contribution in [1.29, 1.82) is 0 Å². The molecule has 1 aromatic rings. The molecule has 0 spiro atoms. The topological polar surface area (TPSA) is 193 Å². The Kier molecular flexibility index (Phi) is 20.3. The molecule has 0 aromatic heterocycles. The summed E-state index contributed by atoms with van der Waals surface area (Å²) in [5.74, 6) is -3.26. The zero-order chi connectivity index (χ0) is 44.1. The van der Waals surface area contributed by atoms with E-state index in [1.807, 2.05) is 47.6 Å². The molecule has 1 heterocycles. The number of likely N-dealkylation sites (tertiary alicyclic amines) is 1. The Bertz CT molecular complexity index is 1610. The second-order valence-corrected chi connectivity index (χ2v) is 18.9. The number of rotatable bonds is 23. The zero-order valence-electron chi connectivity index (χ0n) is 37.0. The van der Waals surface area contributed by atoms with Gasteiger partial charge in [-0.15, -0.1) is 0 Å². The van der Waals surface area contributed by atoms with Crippen LogP contribution in [0.15, 0.2) is 30.3 Å². The van der Waals surface area contributed by atoms with Gasteiger partial charge in [0, 0.05) is 34.2 Å². The summed E-state index contributed by atoms with van der Waals surface area (Å²) in [4.78, 5) is 72.3. The number of nitrogens with zero attached hydrogens (tertiary/aromatic N) is 2. The number of carbonyl (C=O) groups excluding carboxylic acids is 5. The molecule has 0 unspecified atom stereocenters. The number of nitrogens with one attached hydrogen (secondary N) is 4. The van der Waals surface area contributed by atoms with Gasteiger partial charge < -0.3 is 35.2 Å². The van der Waals surface area contributed by atoms with Crippen molar-refractivity contribution in [2.24, 2.45) is 23.7 Å². The maximum absolute atomic E-state index is 14.3. The van der Waals surface area contributed by atoms with Crippen molar-refractivity contribution in [2.75, 3.05) is 34.9 Å². The van der Waals surface area contributed by atoms with E-state index in [1.54, 1.807) is 55.1 Å². The molecular formula is C42H72N6O9S. The molecule has 1 saturated heterocycles. The van der Waals surface area contributed by atoms with Crippen molar-refractivity contribution in [3.05, 3.63) is 35.9 Å². The van der Waals surface area contributed by atoms with Crippen molar-refractivity contribution in [3.63, 3.8) is 0 Å². The van der Waals surface area contributed by atoms with Gasteiger partial charge in [0.15, 0.2) is 0 Å². The first-order valence-corrected chi connectivity index (χ1v) is 22.2. The molecule has 0 radical (unpaired) electrons. The van der Waals surface area contributed by atoms with Crippen LogP contribution in [0.25, 0.3) is 0 Å². The Morgan fingerprint density at radius 3 is 1.97 bits per heavy atom. The number of benzene rings is 1. The van der Waals surface area contributed by atoms with E-state index in [1.165, 1.54) is 28.1 Å². The van der Waals surface area contributed by atoms with Gasteiger partial charge >= 0.3 is 0 Å². The lowest BCUT2D eigenvalue weighted by Gasteiger charge is -2.41. The molecule has 0 bridgehead atoms. The van der Waals surface area contributed by atoms with Crippen LogP contribution in [0.1, 0.15) is 93.6 Å². The third-order valence-electron chi connectivity index (χ3n) is 11.5.